The van der Waals surface area contributed by atoms with Crippen LogP contribution in [0.3, 0.4) is 0 Å². The van der Waals surface area contributed by atoms with E-state index in [0.717, 1.165) is 15.2 Å². The van der Waals surface area contributed by atoms with E-state index >= 15 is 0 Å². The summed E-state index contributed by atoms with van der Waals surface area (Å²) in [6, 6.07) is 8.50. The lowest BCUT2D eigenvalue weighted by Gasteiger charge is -2.35. The predicted octanol–water partition coefficient (Wildman–Crippen LogP) is 3.48. The number of nitrogens with zero attached hydrogens (tertiary/aromatic N) is 6. The Morgan fingerprint density at radius 1 is 1.11 bits per heavy atom. The van der Waals surface area contributed by atoms with E-state index in [0.29, 0.717) is 0 Å². The molecule has 35 heavy (non-hydrogen) atoms. The van der Waals surface area contributed by atoms with Gasteiger partial charge in [-0.3, -0.25) is 14.3 Å². The maximum atomic E-state index is 13.9. The first-order chi connectivity index (χ1) is 16.7. The quantitative estimate of drug-likeness (QED) is 0.542. The minimum absolute atomic E-state index is 0.0306. The molecule has 1 aromatic carbocycles. The number of hydrogen-bond donors (Lipinski definition) is 0. The van der Waals surface area contributed by atoms with Crippen molar-refractivity contribution < 1.29 is 13.2 Å². The minimum Gasteiger partial charge on any atom is -0.357 e. The van der Waals surface area contributed by atoms with Crippen molar-refractivity contribution in [1.82, 2.24) is 14.1 Å². The van der Waals surface area contributed by atoms with E-state index in [1.807, 2.05) is 12.1 Å². The maximum Gasteiger partial charge on any atom is 0.338 e. The van der Waals surface area contributed by atoms with E-state index in [4.69, 9.17) is 11.6 Å². The first-order valence-corrected chi connectivity index (χ1v) is 10.7. The molecule has 8 nitrogen and oxygen atoms in total. The Bertz CT molecular complexity index is 1510. The second-order valence-corrected chi connectivity index (χ2v) is 8.29. The fourth-order valence-corrected chi connectivity index (χ4v) is 4.15. The van der Waals surface area contributed by atoms with E-state index in [1.165, 1.54) is 35.5 Å². The van der Waals surface area contributed by atoms with Crippen LogP contribution < -0.4 is 16.1 Å². The van der Waals surface area contributed by atoms with Gasteiger partial charge in [0.25, 0.3) is 11.5 Å². The van der Waals surface area contributed by atoms with Gasteiger partial charge in [0.15, 0.2) is 0 Å². The standard InChI is InChI=1S/C23H16ClF3N6O2/c24-17-10-15(1-2-18(17)25)19-20(31-6-3-23(26,27)4-7-31)32(8-5-28)22(35)33(21(19)34)16-9-14(11-29)12-30-13-16/h1-2,9-10,12-13H,3-4,6-8H2. The lowest BCUT2D eigenvalue weighted by Crippen LogP contribution is -2.47. The second-order valence-electron chi connectivity index (χ2n) is 7.88. The smallest absolute Gasteiger partial charge is 0.338 e. The third-order valence-electron chi connectivity index (χ3n) is 5.66. The normalized spacial score (nSPS) is 14.9. The van der Waals surface area contributed by atoms with Crippen LogP contribution in [0.1, 0.15) is 18.4 Å². The van der Waals surface area contributed by atoms with Crippen LogP contribution in [0.15, 0.2) is 46.2 Å². The summed E-state index contributed by atoms with van der Waals surface area (Å²) in [5.41, 5.74) is -1.74. The molecular weight excluding hydrogens is 485 g/mol. The van der Waals surface area contributed by atoms with Gasteiger partial charge in [0, 0.05) is 32.1 Å². The van der Waals surface area contributed by atoms with Crippen LogP contribution in [0.5, 0.6) is 0 Å². The number of pyridine rings is 1. The molecule has 0 N–H and O–H groups in total. The van der Waals surface area contributed by atoms with Crippen molar-refractivity contribution in [2.45, 2.75) is 25.3 Å². The Balaban J connectivity index is 2.09. The second kappa shape index (κ2) is 9.28. The number of hydrogen-bond acceptors (Lipinski definition) is 6. The van der Waals surface area contributed by atoms with Crippen LogP contribution in [0.2, 0.25) is 5.02 Å². The summed E-state index contributed by atoms with van der Waals surface area (Å²) >= 11 is 5.96. The summed E-state index contributed by atoms with van der Waals surface area (Å²) in [4.78, 5) is 32.6. The third kappa shape index (κ3) is 4.51. The molecule has 0 atom stereocenters. The van der Waals surface area contributed by atoms with E-state index < -0.39 is 42.4 Å². The summed E-state index contributed by atoms with van der Waals surface area (Å²) in [5, 5.41) is 18.4. The van der Waals surface area contributed by atoms with Gasteiger partial charge >= 0.3 is 5.69 Å². The summed E-state index contributed by atoms with van der Waals surface area (Å²) in [7, 11) is 0. The maximum absolute atomic E-state index is 13.9. The largest absolute Gasteiger partial charge is 0.357 e. The molecule has 0 aliphatic carbocycles. The molecule has 0 amide bonds. The molecule has 0 unspecified atom stereocenters. The molecule has 1 fully saturated rings. The number of alkyl halides is 2. The van der Waals surface area contributed by atoms with Gasteiger partial charge < -0.3 is 4.90 Å². The van der Waals surface area contributed by atoms with Gasteiger partial charge in [-0.25, -0.2) is 22.5 Å². The fraction of sp³-hybridized carbons (Fsp3) is 0.261. The van der Waals surface area contributed by atoms with Gasteiger partial charge in [-0.2, -0.15) is 10.5 Å². The highest BCUT2D eigenvalue weighted by Crippen LogP contribution is 2.35. The van der Waals surface area contributed by atoms with Gasteiger partial charge in [-0.15, -0.1) is 0 Å². The lowest BCUT2D eigenvalue weighted by atomic mass is 10.0. The zero-order valence-corrected chi connectivity index (χ0v) is 18.8. The molecule has 2 aromatic heterocycles. The summed E-state index contributed by atoms with van der Waals surface area (Å²) in [5.74, 6) is -3.69. The van der Waals surface area contributed by atoms with Crippen molar-refractivity contribution in [3.8, 4) is 29.0 Å². The van der Waals surface area contributed by atoms with E-state index in [9.17, 15) is 33.3 Å². The molecule has 1 saturated heterocycles. The van der Waals surface area contributed by atoms with Crippen LogP contribution >= 0.6 is 11.6 Å². The fourth-order valence-electron chi connectivity index (χ4n) is 3.97. The number of anilines is 1. The van der Waals surface area contributed by atoms with Crippen molar-refractivity contribution in [2.75, 3.05) is 18.0 Å². The molecule has 0 spiro atoms. The zero-order valence-electron chi connectivity index (χ0n) is 18.0. The van der Waals surface area contributed by atoms with Crippen LogP contribution in [0.25, 0.3) is 16.8 Å². The number of rotatable bonds is 4. The molecule has 3 aromatic rings. The van der Waals surface area contributed by atoms with Crippen molar-refractivity contribution in [3.05, 3.63) is 73.9 Å². The van der Waals surface area contributed by atoms with Crippen molar-refractivity contribution >= 4 is 17.4 Å². The SMILES string of the molecule is N#CCn1c(N2CCC(F)(F)CC2)c(-c2ccc(F)c(Cl)c2)c(=O)n(-c2cncc(C#N)c2)c1=O. The highest BCUT2D eigenvalue weighted by atomic mass is 35.5. The van der Waals surface area contributed by atoms with E-state index in [1.54, 1.807) is 0 Å². The number of piperidine rings is 1. The molecule has 3 heterocycles. The van der Waals surface area contributed by atoms with Crippen molar-refractivity contribution in [2.24, 2.45) is 0 Å². The molecule has 1 aliphatic rings. The Hall–Kier alpha value is -4.09. The summed E-state index contributed by atoms with van der Waals surface area (Å²) < 4.78 is 43.4. The zero-order chi connectivity index (χ0) is 25.3. The van der Waals surface area contributed by atoms with Crippen molar-refractivity contribution in [3.63, 3.8) is 0 Å². The number of halogens is 4. The Kier molecular flexibility index (Phi) is 6.37. The van der Waals surface area contributed by atoms with Gasteiger partial charge in [-0.05, 0) is 23.8 Å². The van der Waals surface area contributed by atoms with Crippen LogP contribution in [0, 0.1) is 28.5 Å². The van der Waals surface area contributed by atoms with Crippen LogP contribution in [0.4, 0.5) is 19.0 Å². The highest BCUT2D eigenvalue weighted by Gasteiger charge is 2.36. The molecule has 4 rings (SSSR count). The van der Waals surface area contributed by atoms with E-state index in [-0.39, 0.29) is 46.3 Å². The number of aromatic nitrogens is 3. The molecule has 0 radical (unpaired) electrons. The van der Waals surface area contributed by atoms with Gasteiger partial charge in [0.1, 0.15) is 24.2 Å². The van der Waals surface area contributed by atoms with Gasteiger partial charge in [0.05, 0.1) is 34.1 Å². The molecule has 0 bridgehead atoms. The molecule has 12 heteroatoms. The lowest BCUT2D eigenvalue weighted by molar-refractivity contribution is -0.0222. The average molecular weight is 501 g/mol. The number of nitriles is 2. The Morgan fingerprint density at radius 2 is 1.83 bits per heavy atom. The Morgan fingerprint density at radius 3 is 2.46 bits per heavy atom. The predicted molar refractivity (Wildman–Crippen MR) is 121 cm³/mol. The summed E-state index contributed by atoms with van der Waals surface area (Å²) in [6.45, 7) is -0.877. The van der Waals surface area contributed by atoms with Gasteiger partial charge in [0.2, 0.25) is 0 Å². The van der Waals surface area contributed by atoms with Gasteiger partial charge in [-0.1, -0.05) is 17.7 Å². The molecule has 178 valence electrons. The van der Waals surface area contributed by atoms with E-state index in [2.05, 4.69) is 4.98 Å². The first kappa shape index (κ1) is 24.0. The number of benzene rings is 1. The first-order valence-electron chi connectivity index (χ1n) is 10.4. The minimum atomic E-state index is -2.91. The molecule has 0 saturated carbocycles. The topological polar surface area (TPSA) is 108 Å². The molecule has 1 aliphatic heterocycles. The average Bonchev–Trinajstić information content (AvgIpc) is 2.83. The summed E-state index contributed by atoms with van der Waals surface area (Å²) in [6.07, 6.45) is 1.40. The monoisotopic (exact) mass is 500 g/mol. The van der Waals surface area contributed by atoms with Crippen molar-refractivity contribution in [1.29, 1.82) is 10.5 Å². The van der Waals surface area contributed by atoms with Crippen LogP contribution in [-0.4, -0.2) is 33.1 Å². The third-order valence-corrected chi connectivity index (χ3v) is 5.95. The Labute approximate surface area is 201 Å². The van der Waals surface area contributed by atoms with Crippen LogP contribution in [-0.2, 0) is 6.54 Å². The molecular formula is C23H16ClF3N6O2. The highest BCUT2D eigenvalue weighted by molar-refractivity contribution is 6.31.